The quantitative estimate of drug-likeness (QED) is 0.806. The molecular formula is C17H18F2N2S. The monoisotopic (exact) mass is 320 g/mol. The van der Waals surface area contributed by atoms with E-state index in [0.29, 0.717) is 10.7 Å². The van der Waals surface area contributed by atoms with Gasteiger partial charge < -0.3 is 10.6 Å². The third-order valence-electron chi connectivity index (χ3n) is 3.54. The molecule has 0 bridgehead atoms. The Kier molecular flexibility index (Phi) is 5.08. The molecule has 2 N–H and O–H groups in total. The van der Waals surface area contributed by atoms with Crippen LogP contribution in [0, 0.1) is 25.5 Å². The third kappa shape index (κ3) is 4.01. The van der Waals surface area contributed by atoms with Crippen molar-refractivity contribution in [2.75, 3.05) is 5.32 Å². The van der Waals surface area contributed by atoms with Gasteiger partial charge in [-0.3, -0.25) is 0 Å². The van der Waals surface area contributed by atoms with Crippen molar-refractivity contribution in [1.82, 2.24) is 5.32 Å². The third-order valence-corrected chi connectivity index (χ3v) is 3.76. The first-order valence-corrected chi connectivity index (χ1v) is 7.37. The second-order valence-corrected chi connectivity index (χ2v) is 5.69. The van der Waals surface area contributed by atoms with E-state index in [2.05, 4.69) is 10.6 Å². The number of nitrogens with one attached hydrogen (secondary N) is 2. The van der Waals surface area contributed by atoms with Crippen molar-refractivity contribution >= 4 is 23.0 Å². The molecule has 5 heteroatoms. The maximum atomic E-state index is 13.7. The zero-order valence-corrected chi connectivity index (χ0v) is 13.5. The number of hydrogen-bond acceptors (Lipinski definition) is 1. The van der Waals surface area contributed by atoms with E-state index in [-0.39, 0.29) is 6.04 Å². The van der Waals surface area contributed by atoms with Crippen LogP contribution in [0.2, 0.25) is 0 Å². The summed E-state index contributed by atoms with van der Waals surface area (Å²) in [6.45, 7) is 5.83. The van der Waals surface area contributed by atoms with Gasteiger partial charge in [-0.25, -0.2) is 8.78 Å². The molecule has 0 radical (unpaired) electrons. The van der Waals surface area contributed by atoms with Crippen LogP contribution >= 0.6 is 12.2 Å². The first-order valence-electron chi connectivity index (χ1n) is 6.96. The van der Waals surface area contributed by atoms with E-state index in [1.54, 1.807) is 6.92 Å². The highest BCUT2D eigenvalue weighted by molar-refractivity contribution is 7.80. The number of rotatable bonds is 3. The van der Waals surface area contributed by atoms with Gasteiger partial charge in [0, 0.05) is 17.3 Å². The fourth-order valence-corrected chi connectivity index (χ4v) is 2.41. The zero-order chi connectivity index (χ0) is 16.3. The summed E-state index contributed by atoms with van der Waals surface area (Å²) in [5, 5.41) is 6.45. The predicted molar refractivity (Wildman–Crippen MR) is 90.0 cm³/mol. The molecule has 2 aromatic rings. The molecule has 0 amide bonds. The van der Waals surface area contributed by atoms with Gasteiger partial charge in [0.2, 0.25) is 0 Å². The first-order chi connectivity index (χ1) is 10.4. The number of hydrogen-bond donors (Lipinski definition) is 2. The number of benzene rings is 2. The van der Waals surface area contributed by atoms with Crippen LogP contribution in [0.1, 0.15) is 29.7 Å². The predicted octanol–water partition coefficient (Wildman–Crippen LogP) is 4.63. The average Bonchev–Trinajstić information content (AvgIpc) is 2.42. The van der Waals surface area contributed by atoms with E-state index in [0.717, 1.165) is 17.3 Å². The number of anilines is 1. The SMILES string of the molecule is Cc1ccc(NC(=S)N[C@H](C)c2ccc(F)cc2F)cc1C. The van der Waals surface area contributed by atoms with Gasteiger partial charge in [-0.05, 0) is 62.3 Å². The molecule has 2 nitrogen and oxygen atoms in total. The van der Waals surface area contributed by atoms with Gasteiger partial charge in [0.25, 0.3) is 0 Å². The average molecular weight is 320 g/mol. The molecule has 0 aliphatic rings. The molecule has 0 spiro atoms. The van der Waals surface area contributed by atoms with Crippen molar-refractivity contribution in [2.24, 2.45) is 0 Å². The number of halogens is 2. The lowest BCUT2D eigenvalue weighted by Gasteiger charge is -2.18. The van der Waals surface area contributed by atoms with Crippen molar-refractivity contribution in [3.63, 3.8) is 0 Å². The summed E-state index contributed by atoms with van der Waals surface area (Å²) in [6.07, 6.45) is 0. The van der Waals surface area contributed by atoms with Gasteiger partial charge in [0.1, 0.15) is 11.6 Å². The second-order valence-electron chi connectivity index (χ2n) is 5.29. The van der Waals surface area contributed by atoms with Gasteiger partial charge in [0.05, 0.1) is 6.04 Å². The standard InChI is InChI=1S/C17H18F2N2S/c1-10-4-6-14(8-11(10)2)21-17(22)20-12(3)15-7-5-13(18)9-16(15)19/h4-9,12H,1-3H3,(H2,20,21,22)/t12-/m1/s1. The van der Waals surface area contributed by atoms with Crippen LogP contribution in [0.4, 0.5) is 14.5 Å². The van der Waals surface area contributed by atoms with Crippen LogP contribution in [-0.2, 0) is 0 Å². The Balaban J connectivity index is 2.03. The highest BCUT2D eigenvalue weighted by Crippen LogP contribution is 2.18. The molecule has 116 valence electrons. The Hall–Kier alpha value is -2.01. The lowest BCUT2D eigenvalue weighted by Crippen LogP contribution is -2.31. The lowest BCUT2D eigenvalue weighted by atomic mass is 10.1. The van der Waals surface area contributed by atoms with Crippen molar-refractivity contribution in [3.05, 3.63) is 64.7 Å². The fraction of sp³-hybridized carbons (Fsp3) is 0.235. The van der Waals surface area contributed by atoms with Crippen LogP contribution in [0.15, 0.2) is 36.4 Å². The van der Waals surface area contributed by atoms with E-state index in [1.165, 1.54) is 17.7 Å². The zero-order valence-electron chi connectivity index (χ0n) is 12.7. The minimum Gasteiger partial charge on any atom is -0.356 e. The van der Waals surface area contributed by atoms with Gasteiger partial charge in [-0.2, -0.15) is 0 Å². The Morgan fingerprint density at radius 3 is 2.41 bits per heavy atom. The summed E-state index contributed by atoms with van der Waals surface area (Å²) < 4.78 is 26.7. The van der Waals surface area contributed by atoms with Crippen LogP contribution in [0.5, 0.6) is 0 Å². The van der Waals surface area contributed by atoms with Crippen molar-refractivity contribution < 1.29 is 8.78 Å². The summed E-state index contributed by atoms with van der Waals surface area (Å²) in [7, 11) is 0. The summed E-state index contributed by atoms with van der Waals surface area (Å²) in [6, 6.07) is 9.08. The molecule has 2 aromatic carbocycles. The van der Waals surface area contributed by atoms with Crippen molar-refractivity contribution in [1.29, 1.82) is 0 Å². The molecule has 0 heterocycles. The highest BCUT2D eigenvalue weighted by atomic mass is 32.1. The largest absolute Gasteiger partial charge is 0.356 e. The topological polar surface area (TPSA) is 24.1 Å². The maximum Gasteiger partial charge on any atom is 0.171 e. The number of thiocarbonyl (C=S) groups is 1. The van der Waals surface area contributed by atoms with E-state index in [4.69, 9.17) is 12.2 Å². The van der Waals surface area contributed by atoms with E-state index < -0.39 is 11.6 Å². The first kappa shape index (κ1) is 16.4. The van der Waals surface area contributed by atoms with E-state index >= 15 is 0 Å². The Bertz CT molecular complexity index is 701. The summed E-state index contributed by atoms with van der Waals surface area (Å²) in [5.41, 5.74) is 3.59. The Labute approximate surface area is 134 Å². The van der Waals surface area contributed by atoms with Crippen molar-refractivity contribution in [2.45, 2.75) is 26.8 Å². The minimum absolute atomic E-state index is 0.366. The fourth-order valence-electron chi connectivity index (χ4n) is 2.11. The second kappa shape index (κ2) is 6.83. The van der Waals surface area contributed by atoms with Crippen LogP contribution < -0.4 is 10.6 Å². The smallest absolute Gasteiger partial charge is 0.171 e. The normalized spacial score (nSPS) is 11.9. The van der Waals surface area contributed by atoms with Gasteiger partial charge in [0.15, 0.2) is 5.11 Å². The molecule has 0 aliphatic carbocycles. The summed E-state index contributed by atoms with van der Waals surface area (Å²) in [5.74, 6) is -1.18. The molecule has 2 rings (SSSR count). The van der Waals surface area contributed by atoms with E-state index in [1.807, 2.05) is 32.0 Å². The Morgan fingerprint density at radius 1 is 1.05 bits per heavy atom. The van der Waals surface area contributed by atoms with Crippen LogP contribution in [0.25, 0.3) is 0 Å². The molecule has 0 fully saturated rings. The maximum absolute atomic E-state index is 13.7. The van der Waals surface area contributed by atoms with Gasteiger partial charge in [-0.15, -0.1) is 0 Å². The molecule has 0 aromatic heterocycles. The Morgan fingerprint density at radius 2 is 1.77 bits per heavy atom. The molecular weight excluding hydrogens is 302 g/mol. The van der Waals surface area contributed by atoms with E-state index in [9.17, 15) is 8.78 Å². The molecule has 0 saturated heterocycles. The van der Waals surface area contributed by atoms with Gasteiger partial charge >= 0.3 is 0 Å². The minimum atomic E-state index is -0.593. The lowest BCUT2D eigenvalue weighted by molar-refractivity contribution is 0.554. The van der Waals surface area contributed by atoms with Crippen LogP contribution in [0.3, 0.4) is 0 Å². The van der Waals surface area contributed by atoms with Crippen molar-refractivity contribution in [3.8, 4) is 0 Å². The number of aryl methyl sites for hydroxylation is 2. The molecule has 22 heavy (non-hydrogen) atoms. The van der Waals surface area contributed by atoms with Gasteiger partial charge in [-0.1, -0.05) is 12.1 Å². The molecule has 0 saturated carbocycles. The molecule has 0 unspecified atom stereocenters. The molecule has 0 aliphatic heterocycles. The highest BCUT2D eigenvalue weighted by Gasteiger charge is 2.12. The van der Waals surface area contributed by atoms with Crippen LogP contribution in [-0.4, -0.2) is 5.11 Å². The molecule has 1 atom stereocenters. The summed E-state index contributed by atoms with van der Waals surface area (Å²) >= 11 is 5.24. The summed E-state index contributed by atoms with van der Waals surface area (Å²) in [4.78, 5) is 0.